The maximum Gasteiger partial charge on any atom is 0.246 e. The highest BCUT2D eigenvalue weighted by atomic mass is 32.2. The third kappa shape index (κ3) is 3.35. The van der Waals surface area contributed by atoms with Crippen molar-refractivity contribution in [2.45, 2.75) is 17.4 Å². The molecule has 0 aliphatic carbocycles. The summed E-state index contributed by atoms with van der Waals surface area (Å²) < 4.78 is 45.8. The van der Waals surface area contributed by atoms with E-state index in [4.69, 9.17) is 4.74 Å². The minimum atomic E-state index is -3.81. The smallest absolute Gasteiger partial charge is 0.246 e. The fraction of sp³-hybridized carbons (Fsp3) is 0.600. The molecule has 3 rings (SSSR count). The Hall–Kier alpha value is -1.22. The first kappa shape index (κ1) is 16.6. The summed E-state index contributed by atoms with van der Waals surface area (Å²) >= 11 is 0. The number of piperazine rings is 1. The summed E-state index contributed by atoms with van der Waals surface area (Å²) in [6, 6.07) is 4.08. The number of methoxy groups -OCH3 is 1. The molecule has 1 aromatic carbocycles. The third-order valence-electron chi connectivity index (χ3n) is 4.55. The van der Waals surface area contributed by atoms with Gasteiger partial charge in [0.05, 0.1) is 7.11 Å². The second kappa shape index (κ2) is 6.72. The maximum absolute atomic E-state index is 14.1. The lowest BCUT2D eigenvalue weighted by Crippen LogP contribution is -2.49. The Balaban J connectivity index is 1.75. The van der Waals surface area contributed by atoms with Crippen molar-refractivity contribution in [3.05, 3.63) is 24.0 Å². The van der Waals surface area contributed by atoms with Gasteiger partial charge in [0.1, 0.15) is 16.5 Å². The van der Waals surface area contributed by atoms with E-state index in [1.165, 1.54) is 23.5 Å². The molecule has 0 spiro atoms. The number of halogens is 1. The van der Waals surface area contributed by atoms with E-state index in [0.717, 1.165) is 38.7 Å². The molecule has 0 saturated carbocycles. The predicted molar refractivity (Wildman–Crippen MR) is 84.6 cm³/mol. The SMILES string of the molecule is COc1ccc(S(=O)(=O)N2CCC(N3CCNCC3)C2)c(F)c1. The van der Waals surface area contributed by atoms with Crippen LogP contribution in [0.4, 0.5) is 4.39 Å². The third-order valence-corrected chi connectivity index (χ3v) is 6.45. The lowest BCUT2D eigenvalue weighted by atomic mass is 10.2. The molecule has 2 aliphatic heterocycles. The number of nitrogens with one attached hydrogen (secondary N) is 1. The maximum atomic E-state index is 14.1. The zero-order valence-corrected chi connectivity index (χ0v) is 14.0. The molecule has 128 valence electrons. The Bertz CT molecular complexity index is 662. The Morgan fingerprint density at radius 1 is 1.26 bits per heavy atom. The summed E-state index contributed by atoms with van der Waals surface area (Å²) in [6.45, 7) is 4.56. The molecule has 1 N–H and O–H groups in total. The second-order valence-electron chi connectivity index (χ2n) is 5.89. The first-order valence-corrected chi connectivity index (χ1v) is 9.25. The number of hydrogen-bond donors (Lipinski definition) is 1. The standard InChI is InChI=1S/C15H22FN3O3S/c1-22-13-2-3-15(14(16)10-13)23(20,21)19-7-4-12(11-19)18-8-5-17-6-9-18/h2-3,10,12,17H,4-9,11H2,1H3. The van der Waals surface area contributed by atoms with E-state index in [1.54, 1.807) is 0 Å². The number of rotatable bonds is 4. The molecule has 2 fully saturated rings. The van der Waals surface area contributed by atoms with Crippen LogP contribution in [0.25, 0.3) is 0 Å². The van der Waals surface area contributed by atoms with Crippen LogP contribution in [0.15, 0.2) is 23.1 Å². The Labute approximate surface area is 136 Å². The molecule has 0 bridgehead atoms. The summed E-state index contributed by atoms with van der Waals surface area (Å²) in [5, 5.41) is 3.29. The molecule has 0 amide bonds. The Morgan fingerprint density at radius 2 is 2.00 bits per heavy atom. The van der Waals surface area contributed by atoms with E-state index in [-0.39, 0.29) is 10.9 Å². The van der Waals surface area contributed by atoms with E-state index in [0.29, 0.717) is 18.8 Å². The van der Waals surface area contributed by atoms with E-state index in [2.05, 4.69) is 10.2 Å². The van der Waals surface area contributed by atoms with Gasteiger partial charge < -0.3 is 10.1 Å². The van der Waals surface area contributed by atoms with Crippen molar-refractivity contribution in [2.75, 3.05) is 46.4 Å². The topological polar surface area (TPSA) is 61.9 Å². The number of hydrogen-bond acceptors (Lipinski definition) is 5. The summed E-state index contributed by atoms with van der Waals surface area (Å²) in [5.41, 5.74) is 0. The van der Waals surface area contributed by atoms with Crippen LogP contribution in [-0.2, 0) is 10.0 Å². The molecule has 8 heteroatoms. The van der Waals surface area contributed by atoms with E-state index in [1.807, 2.05) is 0 Å². The van der Waals surface area contributed by atoms with Crippen LogP contribution in [-0.4, -0.2) is 70.0 Å². The molecule has 23 heavy (non-hydrogen) atoms. The number of nitrogens with zero attached hydrogens (tertiary/aromatic N) is 2. The molecule has 1 atom stereocenters. The number of ether oxygens (including phenoxy) is 1. The minimum absolute atomic E-state index is 0.216. The van der Waals surface area contributed by atoms with Gasteiger partial charge in [0, 0.05) is 51.4 Å². The van der Waals surface area contributed by atoms with Gasteiger partial charge in [0.2, 0.25) is 10.0 Å². The molecule has 6 nitrogen and oxygen atoms in total. The summed E-state index contributed by atoms with van der Waals surface area (Å²) in [4.78, 5) is 2.04. The zero-order chi connectivity index (χ0) is 16.4. The molecule has 0 aromatic heterocycles. The lowest BCUT2D eigenvalue weighted by Gasteiger charge is -2.32. The van der Waals surface area contributed by atoms with Gasteiger partial charge in [0.15, 0.2) is 0 Å². The van der Waals surface area contributed by atoms with Gasteiger partial charge in [-0.3, -0.25) is 4.90 Å². The van der Waals surface area contributed by atoms with Crippen molar-refractivity contribution in [3.63, 3.8) is 0 Å². The molecular weight excluding hydrogens is 321 g/mol. The molecule has 2 saturated heterocycles. The van der Waals surface area contributed by atoms with E-state index < -0.39 is 15.8 Å². The van der Waals surface area contributed by atoms with Crippen molar-refractivity contribution in [2.24, 2.45) is 0 Å². The fourth-order valence-electron chi connectivity index (χ4n) is 3.23. The van der Waals surface area contributed by atoms with Gasteiger partial charge >= 0.3 is 0 Å². The number of sulfonamides is 1. The van der Waals surface area contributed by atoms with Crippen LogP contribution >= 0.6 is 0 Å². The van der Waals surface area contributed by atoms with Gasteiger partial charge in [-0.1, -0.05) is 0 Å². The molecule has 1 unspecified atom stereocenters. The van der Waals surface area contributed by atoms with Crippen molar-refractivity contribution >= 4 is 10.0 Å². The van der Waals surface area contributed by atoms with Crippen LogP contribution in [0.1, 0.15) is 6.42 Å². The highest BCUT2D eigenvalue weighted by Gasteiger charge is 2.36. The average Bonchev–Trinajstić information content (AvgIpc) is 3.06. The molecule has 0 radical (unpaired) electrons. The second-order valence-corrected chi connectivity index (χ2v) is 7.79. The van der Waals surface area contributed by atoms with Crippen LogP contribution in [0.5, 0.6) is 5.75 Å². The largest absolute Gasteiger partial charge is 0.497 e. The highest BCUT2D eigenvalue weighted by molar-refractivity contribution is 7.89. The minimum Gasteiger partial charge on any atom is -0.497 e. The first-order chi connectivity index (χ1) is 11.0. The van der Waals surface area contributed by atoms with E-state index >= 15 is 0 Å². The van der Waals surface area contributed by atoms with Crippen LogP contribution in [0, 0.1) is 5.82 Å². The molecule has 2 heterocycles. The highest BCUT2D eigenvalue weighted by Crippen LogP contribution is 2.27. The van der Waals surface area contributed by atoms with Gasteiger partial charge in [-0.25, -0.2) is 12.8 Å². The van der Waals surface area contributed by atoms with Crippen LogP contribution in [0.2, 0.25) is 0 Å². The number of benzene rings is 1. The Morgan fingerprint density at radius 3 is 2.65 bits per heavy atom. The molecular formula is C15H22FN3O3S. The van der Waals surface area contributed by atoms with E-state index in [9.17, 15) is 12.8 Å². The fourth-order valence-corrected chi connectivity index (χ4v) is 4.77. The molecule has 2 aliphatic rings. The van der Waals surface area contributed by atoms with Gasteiger partial charge in [0.25, 0.3) is 0 Å². The van der Waals surface area contributed by atoms with Gasteiger partial charge in [-0.05, 0) is 18.6 Å². The molecule has 1 aromatic rings. The Kier molecular flexibility index (Phi) is 4.86. The summed E-state index contributed by atoms with van der Waals surface area (Å²) in [5.74, 6) is -0.462. The van der Waals surface area contributed by atoms with Crippen molar-refractivity contribution in [3.8, 4) is 5.75 Å². The van der Waals surface area contributed by atoms with Crippen molar-refractivity contribution in [1.82, 2.24) is 14.5 Å². The van der Waals surface area contributed by atoms with Gasteiger partial charge in [-0.2, -0.15) is 4.31 Å². The van der Waals surface area contributed by atoms with Crippen LogP contribution in [0.3, 0.4) is 0 Å². The zero-order valence-electron chi connectivity index (χ0n) is 13.2. The van der Waals surface area contributed by atoms with Gasteiger partial charge in [-0.15, -0.1) is 0 Å². The average molecular weight is 343 g/mol. The normalized spacial score (nSPS) is 24.0. The summed E-state index contributed by atoms with van der Waals surface area (Å²) in [7, 11) is -2.39. The quantitative estimate of drug-likeness (QED) is 0.863. The van der Waals surface area contributed by atoms with Crippen LogP contribution < -0.4 is 10.1 Å². The van der Waals surface area contributed by atoms with Crippen molar-refractivity contribution in [1.29, 1.82) is 0 Å². The monoisotopic (exact) mass is 343 g/mol. The first-order valence-electron chi connectivity index (χ1n) is 7.81. The summed E-state index contributed by atoms with van der Waals surface area (Å²) in [6.07, 6.45) is 0.789. The predicted octanol–water partition coefficient (Wildman–Crippen LogP) is 0.502. The van der Waals surface area contributed by atoms with Crippen molar-refractivity contribution < 1.29 is 17.5 Å². The lowest BCUT2D eigenvalue weighted by molar-refractivity contribution is 0.179.